The number of hydrogen-bond acceptors (Lipinski definition) is 0. The summed E-state index contributed by atoms with van der Waals surface area (Å²) < 4.78 is -0.914. The van der Waals surface area contributed by atoms with E-state index in [0.29, 0.717) is 20.1 Å². The second kappa shape index (κ2) is 4.34. The van der Waals surface area contributed by atoms with Gasteiger partial charge in [0.25, 0.3) is 0 Å². The predicted molar refractivity (Wildman–Crippen MR) is 63.4 cm³/mol. The Morgan fingerprint density at radius 1 is 1.00 bits per heavy atom. The quantitative estimate of drug-likeness (QED) is 0.426. The molecule has 1 aromatic carbocycles. The summed E-state index contributed by atoms with van der Waals surface area (Å²) in [5, 5.41) is 0.822. The minimum atomic E-state index is -1.51. The first-order valence-electron chi connectivity index (χ1n) is 3.04. The van der Waals surface area contributed by atoms with Crippen LogP contribution in [0.1, 0.15) is 5.56 Å². The Hall–Kier alpha value is 1.15. The maximum Gasteiger partial charge on any atom is 0.216 e. The van der Waals surface area contributed by atoms with Crippen molar-refractivity contribution < 1.29 is 0 Å². The Morgan fingerprint density at radius 2 is 1.38 bits per heavy atom. The van der Waals surface area contributed by atoms with Crippen molar-refractivity contribution in [1.29, 1.82) is 0 Å². The summed E-state index contributed by atoms with van der Waals surface area (Å²) in [6.45, 7) is 0. The molecule has 72 valence electrons. The van der Waals surface area contributed by atoms with Gasteiger partial charge in [0, 0.05) is 5.56 Å². The molecular weight excluding hydrogens is 341 g/mol. The van der Waals surface area contributed by atoms with Crippen LogP contribution >= 0.6 is 73.9 Å². The van der Waals surface area contributed by atoms with Gasteiger partial charge in [-0.3, -0.25) is 0 Å². The lowest BCUT2D eigenvalue weighted by atomic mass is 10.2. The van der Waals surface area contributed by atoms with Crippen LogP contribution in [0.5, 0.6) is 0 Å². The third kappa shape index (κ3) is 3.05. The van der Waals surface area contributed by atoms with E-state index in [1.165, 1.54) is 0 Å². The van der Waals surface area contributed by atoms with Gasteiger partial charge in [-0.2, -0.15) is 0 Å². The summed E-state index contributed by atoms with van der Waals surface area (Å²) in [5.74, 6) is 0. The first kappa shape index (κ1) is 12.2. The Kier molecular flexibility index (Phi) is 4.08. The summed E-state index contributed by atoms with van der Waals surface area (Å²) in [6, 6.07) is 3.09. The van der Waals surface area contributed by atoms with Crippen LogP contribution in [0.3, 0.4) is 0 Å². The van der Waals surface area contributed by atoms with E-state index in [0.717, 1.165) is 0 Å². The van der Waals surface area contributed by atoms with Crippen LogP contribution in [0.4, 0.5) is 0 Å². The molecule has 0 aromatic heterocycles. The number of benzene rings is 1. The number of hydrogen-bond donors (Lipinski definition) is 0. The van der Waals surface area contributed by atoms with Crippen molar-refractivity contribution in [3.63, 3.8) is 0 Å². The van der Waals surface area contributed by atoms with Gasteiger partial charge < -0.3 is 0 Å². The lowest BCUT2D eigenvalue weighted by molar-refractivity contribution is 1.24. The van der Waals surface area contributed by atoms with Crippen LogP contribution in [-0.2, 0) is 3.79 Å². The molecule has 6 heteroatoms. The summed E-state index contributed by atoms with van der Waals surface area (Å²) in [7, 11) is 0. The van der Waals surface area contributed by atoms with Crippen LogP contribution in [0.2, 0.25) is 10.0 Å². The highest BCUT2D eigenvalue weighted by molar-refractivity contribution is 9.10. The Morgan fingerprint density at radius 3 is 1.69 bits per heavy atom. The van der Waals surface area contributed by atoms with E-state index in [2.05, 4.69) is 15.9 Å². The molecule has 0 atom stereocenters. The number of alkyl halides is 3. The average Bonchev–Trinajstić information content (AvgIpc) is 1.97. The van der Waals surface area contributed by atoms with E-state index < -0.39 is 3.79 Å². The van der Waals surface area contributed by atoms with E-state index >= 15 is 0 Å². The summed E-state index contributed by atoms with van der Waals surface area (Å²) >= 11 is 31.8. The van der Waals surface area contributed by atoms with E-state index in [9.17, 15) is 0 Å². The van der Waals surface area contributed by atoms with E-state index in [1.807, 2.05) is 0 Å². The van der Waals surface area contributed by atoms with Gasteiger partial charge in [-0.1, -0.05) is 58.0 Å². The average molecular weight is 343 g/mol. The molecule has 1 rings (SSSR count). The molecule has 0 aliphatic carbocycles. The van der Waals surface area contributed by atoms with Gasteiger partial charge in [0.2, 0.25) is 3.79 Å². The highest BCUT2D eigenvalue weighted by Gasteiger charge is 2.24. The molecule has 0 fully saturated rings. The van der Waals surface area contributed by atoms with E-state index in [-0.39, 0.29) is 0 Å². The molecule has 0 N–H and O–H groups in total. The molecule has 0 amide bonds. The normalized spacial score (nSPS) is 11.8. The topological polar surface area (TPSA) is 0 Å². The maximum atomic E-state index is 5.82. The fraction of sp³-hybridized carbons (Fsp3) is 0.143. The first-order chi connectivity index (χ1) is 5.82. The van der Waals surface area contributed by atoms with Gasteiger partial charge in [0.05, 0.1) is 14.5 Å². The van der Waals surface area contributed by atoms with E-state index in [4.69, 9.17) is 58.0 Å². The van der Waals surface area contributed by atoms with Crippen LogP contribution in [0.15, 0.2) is 16.6 Å². The molecule has 0 spiro atoms. The first-order valence-corrected chi connectivity index (χ1v) is 5.72. The third-order valence-electron chi connectivity index (χ3n) is 1.31. The lowest BCUT2D eigenvalue weighted by Gasteiger charge is -2.12. The molecule has 0 unspecified atom stereocenters. The van der Waals surface area contributed by atoms with Crippen molar-refractivity contribution in [3.05, 3.63) is 32.2 Å². The monoisotopic (exact) mass is 340 g/mol. The highest BCUT2D eigenvalue weighted by Crippen LogP contribution is 2.42. The van der Waals surface area contributed by atoms with Crippen molar-refractivity contribution in [2.45, 2.75) is 3.79 Å². The fourth-order valence-corrected chi connectivity index (χ4v) is 1.76. The minimum absolute atomic E-state index is 0.411. The van der Waals surface area contributed by atoms with Gasteiger partial charge in [-0.05, 0) is 28.1 Å². The molecule has 0 saturated heterocycles. The van der Waals surface area contributed by atoms with Crippen molar-refractivity contribution in [2.75, 3.05) is 0 Å². The van der Waals surface area contributed by atoms with Crippen LogP contribution in [0, 0.1) is 0 Å². The predicted octanol–water partition coefficient (Wildman–Crippen LogP) is 5.58. The maximum absolute atomic E-state index is 5.82. The van der Waals surface area contributed by atoms with Gasteiger partial charge in [0.15, 0.2) is 0 Å². The van der Waals surface area contributed by atoms with Crippen molar-refractivity contribution in [2.24, 2.45) is 0 Å². The van der Waals surface area contributed by atoms with Crippen LogP contribution in [0.25, 0.3) is 0 Å². The third-order valence-corrected chi connectivity index (χ3v) is 3.87. The fourth-order valence-electron chi connectivity index (χ4n) is 0.719. The van der Waals surface area contributed by atoms with Gasteiger partial charge in [-0.15, -0.1) is 0 Å². The molecule has 1 aromatic rings. The summed E-state index contributed by atoms with van der Waals surface area (Å²) in [6.07, 6.45) is 0. The van der Waals surface area contributed by atoms with Gasteiger partial charge in [0.1, 0.15) is 0 Å². The second-order valence-electron chi connectivity index (χ2n) is 2.25. The Balaban J connectivity index is 3.29. The number of halogens is 6. The zero-order valence-electron chi connectivity index (χ0n) is 5.92. The Labute approximate surface area is 109 Å². The molecule has 0 aliphatic rings. The van der Waals surface area contributed by atoms with Crippen molar-refractivity contribution in [1.82, 2.24) is 0 Å². The molecule has 0 nitrogen and oxygen atoms in total. The SMILES string of the molecule is Clc1cc(C(Cl)(Cl)Cl)cc(Cl)c1Br. The Bertz CT molecular complexity index is 307. The molecule has 0 bridgehead atoms. The molecule has 0 saturated carbocycles. The molecule has 0 heterocycles. The zero-order chi connectivity index (χ0) is 10.2. The molecule has 13 heavy (non-hydrogen) atoms. The lowest BCUT2D eigenvalue weighted by Crippen LogP contribution is -1.99. The molecular formula is C7H2BrCl5. The molecule has 0 radical (unpaired) electrons. The van der Waals surface area contributed by atoms with Gasteiger partial charge >= 0.3 is 0 Å². The number of rotatable bonds is 0. The highest BCUT2D eigenvalue weighted by atomic mass is 79.9. The van der Waals surface area contributed by atoms with Gasteiger partial charge in [-0.25, -0.2) is 0 Å². The second-order valence-corrected chi connectivity index (χ2v) is 6.14. The summed E-state index contributed by atoms with van der Waals surface area (Å²) in [4.78, 5) is 0. The smallest absolute Gasteiger partial charge is 0.0830 e. The minimum Gasteiger partial charge on any atom is -0.0830 e. The standard InChI is InChI=1S/C7H2BrCl5/c8-6-4(9)1-3(2-5(6)10)7(11,12)13/h1-2H. The largest absolute Gasteiger partial charge is 0.216 e. The molecule has 0 aliphatic heterocycles. The van der Waals surface area contributed by atoms with Crippen LogP contribution in [-0.4, -0.2) is 0 Å². The van der Waals surface area contributed by atoms with Crippen molar-refractivity contribution in [3.8, 4) is 0 Å². The van der Waals surface area contributed by atoms with Crippen molar-refractivity contribution >= 4 is 73.9 Å². The van der Waals surface area contributed by atoms with E-state index in [1.54, 1.807) is 12.1 Å². The van der Waals surface area contributed by atoms with Crippen LogP contribution < -0.4 is 0 Å². The zero-order valence-corrected chi connectivity index (χ0v) is 11.3. The summed E-state index contributed by atoms with van der Waals surface area (Å²) in [5.41, 5.74) is 0.440.